The van der Waals surface area contributed by atoms with E-state index in [9.17, 15) is 9.59 Å². The van der Waals surface area contributed by atoms with Gasteiger partial charge in [-0.1, -0.05) is 0 Å². The second kappa shape index (κ2) is 8.15. The number of ether oxygens (including phenoxy) is 2. The highest BCUT2D eigenvalue weighted by molar-refractivity contribution is 6.01. The maximum atomic E-state index is 11.6. The molecule has 2 heterocycles. The molecule has 0 atom stereocenters. The van der Waals surface area contributed by atoms with Gasteiger partial charge in [-0.25, -0.2) is 4.79 Å². The number of hydrogen-bond donors (Lipinski definition) is 2. The van der Waals surface area contributed by atoms with E-state index in [0.717, 1.165) is 30.2 Å². The Balaban J connectivity index is 1.62. The largest absolute Gasteiger partial charge is 0.493 e. The molecule has 1 aromatic carbocycles. The third-order valence-electron chi connectivity index (χ3n) is 4.78. The second-order valence-electron chi connectivity index (χ2n) is 6.33. The van der Waals surface area contributed by atoms with Crippen molar-refractivity contribution >= 4 is 17.9 Å². The first-order valence-electron chi connectivity index (χ1n) is 8.85. The van der Waals surface area contributed by atoms with Crippen molar-refractivity contribution in [2.75, 3.05) is 47.4 Å². The third kappa shape index (κ3) is 3.91. The molecule has 0 aromatic heterocycles. The summed E-state index contributed by atoms with van der Waals surface area (Å²) in [5, 5.41) is 5.75. The quantitative estimate of drug-likeness (QED) is 0.433. The molecule has 1 saturated heterocycles. The van der Waals surface area contributed by atoms with Crippen molar-refractivity contribution in [3.63, 3.8) is 0 Å². The molecule has 0 aliphatic carbocycles. The minimum absolute atomic E-state index is 0.0712. The van der Waals surface area contributed by atoms with Gasteiger partial charge in [-0.05, 0) is 29.7 Å². The minimum atomic E-state index is -0.343. The molecule has 0 saturated carbocycles. The molecule has 0 bridgehead atoms. The molecule has 3 amide bonds. The monoisotopic (exact) mass is 375 g/mol. The predicted octanol–water partition coefficient (Wildman–Crippen LogP) is 0.189. The van der Waals surface area contributed by atoms with Crippen LogP contribution in [0.1, 0.15) is 11.1 Å². The van der Waals surface area contributed by atoms with Crippen molar-refractivity contribution in [2.24, 2.45) is 4.99 Å². The second-order valence-corrected chi connectivity index (χ2v) is 6.33. The van der Waals surface area contributed by atoms with E-state index >= 15 is 0 Å². The first kappa shape index (κ1) is 18.8. The van der Waals surface area contributed by atoms with Crippen LogP contribution in [0.4, 0.5) is 4.79 Å². The van der Waals surface area contributed by atoms with Crippen LogP contribution in [0.15, 0.2) is 17.1 Å². The molecule has 0 unspecified atom stereocenters. The average molecular weight is 375 g/mol. The Kier molecular flexibility index (Phi) is 5.68. The number of nitrogens with one attached hydrogen (secondary N) is 2. The number of imide groups is 1. The Labute approximate surface area is 158 Å². The summed E-state index contributed by atoms with van der Waals surface area (Å²) in [6.45, 7) is 2.33. The number of amides is 3. The first-order chi connectivity index (χ1) is 13.1. The van der Waals surface area contributed by atoms with Crippen molar-refractivity contribution in [1.29, 1.82) is 0 Å². The average Bonchev–Trinajstić information content (AvgIpc) is 3.01. The molecular weight excluding hydrogens is 350 g/mol. The van der Waals surface area contributed by atoms with E-state index < -0.39 is 0 Å². The number of rotatable bonds is 5. The van der Waals surface area contributed by atoms with Crippen molar-refractivity contribution < 1.29 is 19.1 Å². The molecular formula is C18H25N5O4. The molecule has 1 fully saturated rings. The SMILES string of the molecule is CN=C(NCCN1C(=O)CNC1=O)N1CCc2cc(OC)c(OC)cc2C1. The molecule has 3 rings (SSSR count). The lowest BCUT2D eigenvalue weighted by atomic mass is 9.99. The minimum Gasteiger partial charge on any atom is -0.493 e. The standard InChI is InChI=1S/C18H25N5O4/c1-19-17(20-5-7-23-16(24)10-21-18(23)25)22-6-4-12-8-14(26-2)15(27-3)9-13(12)11-22/h8-9H,4-7,10-11H2,1-3H3,(H,19,20)(H,21,25). The van der Waals surface area contributed by atoms with Crippen molar-refractivity contribution in [3.05, 3.63) is 23.3 Å². The van der Waals surface area contributed by atoms with E-state index in [4.69, 9.17) is 9.47 Å². The number of methoxy groups -OCH3 is 2. The molecule has 27 heavy (non-hydrogen) atoms. The van der Waals surface area contributed by atoms with E-state index in [2.05, 4.69) is 20.5 Å². The van der Waals surface area contributed by atoms with Gasteiger partial charge < -0.3 is 25.0 Å². The van der Waals surface area contributed by atoms with E-state index in [1.807, 2.05) is 12.1 Å². The highest BCUT2D eigenvalue weighted by atomic mass is 16.5. The number of carbonyl (C=O) groups excluding carboxylic acids is 2. The molecule has 2 N–H and O–H groups in total. The fourth-order valence-corrected chi connectivity index (χ4v) is 3.36. The number of benzene rings is 1. The van der Waals surface area contributed by atoms with E-state index in [1.54, 1.807) is 21.3 Å². The van der Waals surface area contributed by atoms with Gasteiger partial charge in [-0.3, -0.25) is 14.7 Å². The van der Waals surface area contributed by atoms with Gasteiger partial charge in [0.05, 0.1) is 20.8 Å². The fourth-order valence-electron chi connectivity index (χ4n) is 3.36. The first-order valence-corrected chi connectivity index (χ1v) is 8.85. The zero-order valence-corrected chi connectivity index (χ0v) is 15.9. The highest BCUT2D eigenvalue weighted by Gasteiger charge is 2.28. The van der Waals surface area contributed by atoms with Crippen molar-refractivity contribution in [1.82, 2.24) is 20.4 Å². The van der Waals surface area contributed by atoms with Gasteiger partial charge in [-0.2, -0.15) is 0 Å². The zero-order valence-electron chi connectivity index (χ0n) is 15.9. The number of guanidine groups is 1. The predicted molar refractivity (Wildman–Crippen MR) is 100 cm³/mol. The molecule has 2 aliphatic heterocycles. The van der Waals surface area contributed by atoms with Gasteiger partial charge in [0.25, 0.3) is 0 Å². The van der Waals surface area contributed by atoms with Gasteiger partial charge in [0.2, 0.25) is 5.91 Å². The van der Waals surface area contributed by atoms with Gasteiger partial charge in [-0.15, -0.1) is 0 Å². The van der Waals surface area contributed by atoms with Crippen LogP contribution in [0.3, 0.4) is 0 Å². The summed E-state index contributed by atoms with van der Waals surface area (Å²) in [5.74, 6) is 1.98. The van der Waals surface area contributed by atoms with Crippen LogP contribution in [0.5, 0.6) is 11.5 Å². The van der Waals surface area contributed by atoms with Crippen molar-refractivity contribution in [3.8, 4) is 11.5 Å². The van der Waals surface area contributed by atoms with Gasteiger partial charge in [0.15, 0.2) is 17.5 Å². The van der Waals surface area contributed by atoms with Crippen LogP contribution in [0.2, 0.25) is 0 Å². The van der Waals surface area contributed by atoms with Gasteiger partial charge >= 0.3 is 6.03 Å². The summed E-state index contributed by atoms with van der Waals surface area (Å²) < 4.78 is 10.8. The number of aliphatic imine (C=N–C) groups is 1. The summed E-state index contributed by atoms with van der Waals surface area (Å²) in [6, 6.07) is 3.69. The number of urea groups is 1. The molecule has 1 aromatic rings. The highest BCUT2D eigenvalue weighted by Crippen LogP contribution is 2.33. The maximum absolute atomic E-state index is 11.6. The smallest absolute Gasteiger partial charge is 0.324 e. The van der Waals surface area contributed by atoms with E-state index in [0.29, 0.717) is 25.4 Å². The maximum Gasteiger partial charge on any atom is 0.324 e. The van der Waals surface area contributed by atoms with Crippen LogP contribution in [0, 0.1) is 0 Å². The van der Waals surface area contributed by atoms with Crippen molar-refractivity contribution in [2.45, 2.75) is 13.0 Å². The summed E-state index contributed by atoms with van der Waals surface area (Å²) in [7, 11) is 4.98. The molecule has 2 aliphatic rings. The number of hydrogen-bond acceptors (Lipinski definition) is 5. The summed E-state index contributed by atoms with van der Waals surface area (Å²) in [6.07, 6.45) is 0.864. The van der Waals surface area contributed by atoms with Crippen LogP contribution >= 0.6 is 0 Å². The number of carbonyl (C=O) groups is 2. The van der Waals surface area contributed by atoms with Crippen LogP contribution < -0.4 is 20.1 Å². The summed E-state index contributed by atoms with van der Waals surface area (Å²) >= 11 is 0. The Hall–Kier alpha value is -2.97. The summed E-state index contributed by atoms with van der Waals surface area (Å²) in [5.41, 5.74) is 2.40. The Morgan fingerprint density at radius 3 is 2.52 bits per heavy atom. The molecule has 9 nitrogen and oxygen atoms in total. The lowest BCUT2D eigenvalue weighted by Crippen LogP contribution is -2.46. The molecule has 0 spiro atoms. The molecule has 9 heteroatoms. The van der Waals surface area contributed by atoms with Crippen LogP contribution in [-0.4, -0.2) is 75.1 Å². The number of nitrogens with zero attached hydrogens (tertiary/aromatic N) is 3. The summed E-state index contributed by atoms with van der Waals surface area (Å²) in [4.78, 5) is 30.9. The third-order valence-corrected chi connectivity index (χ3v) is 4.78. The fraction of sp³-hybridized carbons (Fsp3) is 0.500. The normalized spacial score (nSPS) is 16.9. The Morgan fingerprint density at radius 2 is 1.93 bits per heavy atom. The van der Waals surface area contributed by atoms with Crippen LogP contribution in [-0.2, 0) is 17.8 Å². The van der Waals surface area contributed by atoms with E-state index in [-0.39, 0.29) is 18.5 Å². The zero-order chi connectivity index (χ0) is 19.4. The Bertz CT molecular complexity index is 748. The van der Waals surface area contributed by atoms with Gasteiger partial charge in [0, 0.05) is 33.2 Å². The Morgan fingerprint density at radius 1 is 1.22 bits per heavy atom. The molecule has 146 valence electrons. The van der Waals surface area contributed by atoms with E-state index in [1.165, 1.54) is 10.5 Å². The topological polar surface area (TPSA) is 95.5 Å². The van der Waals surface area contributed by atoms with Crippen LogP contribution in [0.25, 0.3) is 0 Å². The number of fused-ring (bicyclic) bond motifs is 1. The molecule has 0 radical (unpaired) electrons. The lowest BCUT2D eigenvalue weighted by Gasteiger charge is -2.32. The van der Waals surface area contributed by atoms with Gasteiger partial charge in [0.1, 0.15) is 0 Å². The lowest BCUT2D eigenvalue weighted by molar-refractivity contribution is -0.124.